The Kier molecular flexibility index (Phi) is 5.93. The molecule has 4 nitrogen and oxygen atoms in total. The minimum absolute atomic E-state index is 0.722. The molecule has 0 fully saturated rings. The number of allylic oxidation sites excluding steroid dienone is 2. The molecule has 0 saturated heterocycles. The highest BCUT2D eigenvalue weighted by Gasteiger charge is 2.23. The molecule has 0 saturated carbocycles. The van der Waals surface area contributed by atoms with E-state index in [4.69, 9.17) is 9.79 Å². The van der Waals surface area contributed by atoms with Gasteiger partial charge in [-0.2, -0.15) is 0 Å². The second-order valence-corrected chi connectivity index (χ2v) is 4.71. The van der Waals surface area contributed by atoms with Crippen molar-refractivity contribution in [2.24, 2.45) is 0 Å². The quantitative estimate of drug-likeness (QED) is 0.531. The topological polar surface area (TPSA) is 74.6 Å². The molecule has 0 spiro atoms. The van der Waals surface area contributed by atoms with Crippen LogP contribution in [0.5, 0.6) is 0 Å². The van der Waals surface area contributed by atoms with Crippen molar-refractivity contribution in [1.29, 1.82) is 0 Å². The summed E-state index contributed by atoms with van der Waals surface area (Å²) in [5.41, 5.74) is -0.252. The molecule has 14 heavy (non-hydrogen) atoms. The van der Waals surface area contributed by atoms with E-state index >= 15 is 0 Å². The van der Waals surface area contributed by atoms with Gasteiger partial charge >= 0.3 is 7.60 Å². The zero-order valence-corrected chi connectivity index (χ0v) is 9.46. The van der Waals surface area contributed by atoms with Crippen LogP contribution < -0.4 is 0 Å². The van der Waals surface area contributed by atoms with Crippen LogP contribution in [0, 0.1) is 0 Å². The molecule has 0 aliphatic rings. The van der Waals surface area contributed by atoms with Crippen LogP contribution in [-0.2, 0) is 9.36 Å². The Hall–Kier alpha value is -0.440. The molecular formula is C9H17O4P. The fourth-order valence-electron chi connectivity index (χ4n) is 1.17. The van der Waals surface area contributed by atoms with Crippen molar-refractivity contribution < 1.29 is 19.1 Å². The Balaban J connectivity index is 4.56. The van der Waals surface area contributed by atoms with E-state index in [2.05, 4.69) is 0 Å². The largest absolute Gasteiger partial charge is 0.395 e. The van der Waals surface area contributed by atoms with E-state index in [0.717, 1.165) is 37.3 Å². The third-order valence-electron chi connectivity index (χ3n) is 1.76. The maximum atomic E-state index is 11.0. The molecule has 0 rings (SSSR count). The normalized spacial score (nSPS) is 11.1. The van der Waals surface area contributed by atoms with Gasteiger partial charge in [0.25, 0.3) is 5.52 Å². The molecule has 0 atom stereocenters. The maximum absolute atomic E-state index is 11.0. The van der Waals surface area contributed by atoms with Gasteiger partial charge in [0.1, 0.15) is 0 Å². The highest BCUT2D eigenvalue weighted by atomic mass is 31.2. The Morgan fingerprint density at radius 2 is 1.64 bits per heavy atom. The first-order valence-electron chi connectivity index (χ1n) is 4.71. The average molecular weight is 220 g/mol. The molecule has 0 radical (unpaired) electrons. The van der Waals surface area contributed by atoms with Gasteiger partial charge < -0.3 is 9.79 Å². The highest BCUT2D eigenvalue weighted by Crippen LogP contribution is 2.36. The first-order chi connectivity index (χ1) is 6.41. The molecule has 0 aromatic heterocycles. The molecule has 0 aliphatic heterocycles. The van der Waals surface area contributed by atoms with Crippen molar-refractivity contribution in [2.45, 2.75) is 39.5 Å². The van der Waals surface area contributed by atoms with Crippen molar-refractivity contribution in [2.75, 3.05) is 0 Å². The van der Waals surface area contributed by atoms with E-state index in [0.29, 0.717) is 0 Å². The van der Waals surface area contributed by atoms with E-state index in [1.54, 1.807) is 0 Å². The summed E-state index contributed by atoms with van der Waals surface area (Å²) in [6, 6.07) is 0. The van der Waals surface area contributed by atoms with Crippen molar-refractivity contribution in [1.82, 2.24) is 0 Å². The second-order valence-electron chi connectivity index (χ2n) is 3.18. The summed E-state index contributed by atoms with van der Waals surface area (Å²) in [6.07, 6.45) is 4.30. The predicted molar refractivity (Wildman–Crippen MR) is 55.0 cm³/mol. The second kappa shape index (κ2) is 6.12. The summed E-state index contributed by atoms with van der Waals surface area (Å²) in [4.78, 5) is 28.2. The van der Waals surface area contributed by atoms with Crippen LogP contribution in [-0.4, -0.2) is 15.3 Å². The Morgan fingerprint density at radius 3 is 1.93 bits per heavy atom. The summed E-state index contributed by atoms with van der Waals surface area (Å²) in [5.74, 6) is 0. The highest BCUT2D eigenvalue weighted by molar-refractivity contribution is 7.70. The third-order valence-corrected chi connectivity index (χ3v) is 2.46. The summed E-state index contributed by atoms with van der Waals surface area (Å²) < 4.78 is 10.6. The molecule has 2 N–H and O–H groups in total. The van der Waals surface area contributed by atoms with Crippen LogP contribution in [0.2, 0.25) is 0 Å². The number of carbonyl (C=O) groups is 1. The minimum atomic E-state index is -4.57. The zero-order valence-electron chi connectivity index (χ0n) is 8.56. The monoisotopic (exact) mass is 220 g/mol. The molecule has 0 aromatic carbocycles. The fraction of sp³-hybridized carbons (Fsp3) is 0.667. The van der Waals surface area contributed by atoms with Crippen LogP contribution in [0.1, 0.15) is 39.5 Å². The standard InChI is InChI=1S/C9H17O4P/c1-3-5-8(6-4-2)7-9(10)14(11,12)13/h7H,3-6H2,1-2H3,(H2,11,12,13). The van der Waals surface area contributed by atoms with Crippen LogP contribution >= 0.6 is 7.60 Å². The van der Waals surface area contributed by atoms with Gasteiger partial charge in [-0.05, 0) is 18.9 Å². The van der Waals surface area contributed by atoms with Gasteiger partial charge in [-0.25, -0.2) is 0 Å². The Bertz CT molecular complexity index is 256. The lowest BCUT2D eigenvalue weighted by Crippen LogP contribution is -1.96. The number of hydrogen-bond donors (Lipinski definition) is 2. The van der Waals surface area contributed by atoms with Crippen molar-refractivity contribution in [3.63, 3.8) is 0 Å². The molecule has 0 aromatic rings. The molecule has 0 bridgehead atoms. The zero-order chi connectivity index (χ0) is 11.2. The lowest BCUT2D eigenvalue weighted by atomic mass is 10.1. The van der Waals surface area contributed by atoms with E-state index < -0.39 is 13.1 Å². The summed E-state index contributed by atoms with van der Waals surface area (Å²) >= 11 is 0. The lowest BCUT2D eigenvalue weighted by Gasteiger charge is -2.04. The first-order valence-corrected chi connectivity index (χ1v) is 6.32. The van der Waals surface area contributed by atoms with Crippen LogP contribution in [0.25, 0.3) is 0 Å². The molecule has 0 aliphatic carbocycles. The smallest absolute Gasteiger partial charge is 0.319 e. The SMILES string of the molecule is CCCC(=CC(=O)P(=O)(O)O)CCC. The first kappa shape index (κ1) is 13.6. The van der Waals surface area contributed by atoms with Crippen molar-refractivity contribution >= 4 is 13.1 Å². The van der Waals surface area contributed by atoms with Gasteiger partial charge in [0, 0.05) is 0 Å². The van der Waals surface area contributed by atoms with E-state index in [1.165, 1.54) is 0 Å². The Morgan fingerprint density at radius 1 is 1.21 bits per heavy atom. The third kappa shape index (κ3) is 5.32. The molecule has 0 amide bonds. The number of rotatable bonds is 6. The van der Waals surface area contributed by atoms with E-state index in [1.807, 2.05) is 13.8 Å². The number of hydrogen-bond acceptors (Lipinski definition) is 2. The average Bonchev–Trinajstić information content (AvgIpc) is 2.03. The van der Waals surface area contributed by atoms with Crippen molar-refractivity contribution in [3.8, 4) is 0 Å². The van der Waals surface area contributed by atoms with Gasteiger partial charge in [0.2, 0.25) is 0 Å². The van der Waals surface area contributed by atoms with Gasteiger partial charge in [0.05, 0.1) is 0 Å². The van der Waals surface area contributed by atoms with Gasteiger partial charge in [-0.15, -0.1) is 0 Å². The number of carbonyl (C=O) groups excluding carboxylic acids is 1. The van der Waals surface area contributed by atoms with Crippen molar-refractivity contribution in [3.05, 3.63) is 11.6 Å². The van der Waals surface area contributed by atoms with Gasteiger partial charge in [0.15, 0.2) is 0 Å². The van der Waals surface area contributed by atoms with Crippen LogP contribution in [0.15, 0.2) is 11.6 Å². The van der Waals surface area contributed by atoms with Crippen LogP contribution in [0.3, 0.4) is 0 Å². The maximum Gasteiger partial charge on any atom is 0.395 e. The van der Waals surface area contributed by atoms with Crippen LogP contribution in [0.4, 0.5) is 0 Å². The van der Waals surface area contributed by atoms with E-state index in [-0.39, 0.29) is 0 Å². The molecule has 0 unspecified atom stereocenters. The summed E-state index contributed by atoms with van der Waals surface area (Å²) in [7, 11) is -4.57. The fourth-order valence-corrected chi connectivity index (χ4v) is 1.52. The summed E-state index contributed by atoms with van der Waals surface area (Å²) in [6.45, 7) is 3.93. The molecular weight excluding hydrogens is 203 g/mol. The molecule has 0 heterocycles. The molecule has 5 heteroatoms. The van der Waals surface area contributed by atoms with E-state index in [9.17, 15) is 9.36 Å². The summed E-state index contributed by atoms with van der Waals surface area (Å²) in [5, 5.41) is 0. The lowest BCUT2D eigenvalue weighted by molar-refractivity contribution is -0.109. The van der Waals surface area contributed by atoms with Gasteiger partial charge in [-0.1, -0.05) is 32.3 Å². The minimum Gasteiger partial charge on any atom is -0.319 e. The molecule has 82 valence electrons. The van der Waals surface area contributed by atoms with Gasteiger partial charge in [-0.3, -0.25) is 9.36 Å². The Labute approximate surface area is 84.2 Å². The predicted octanol–water partition coefficient (Wildman–Crippen LogP) is 2.22.